The Kier molecular flexibility index (Phi) is 5.85. The number of hydrogen-bond donors (Lipinski definition) is 2. The van der Waals surface area contributed by atoms with E-state index >= 15 is 0 Å². The average Bonchev–Trinajstić information content (AvgIpc) is 3.10. The third-order valence-corrected chi connectivity index (χ3v) is 4.54. The molecule has 2 aromatic rings. The Labute approximate surface area is 146 Å². The largest absolute Gasteiger partial charge is 0.454 e. The Morgan fingerprint density at radius 3 is 2.75 bits per heavy atom. The SMILES string of the molecule is CN=C(NCCSc1ccccc1)NCc1ccc2c(c1)OCO2. The van der Waals surface area contributed by atoms with E-state index in [4.69, 9.17) is 9.47 Å². The number of nitrogens with one attached hydrogen (secondary N) is 2. The van der Waals surface area contributed by atoms with E-state index in [0.717, 1.165) is 35.3 Å². The van der Waals surface area contributed by atoms with Gasteiger partial charge in [-0.1, -0.05) is 24.3 Å². The van der Waals surface area contributed by atoms with Gasteiger partial charge in [-0.25, -0.2) is 0 Å². The molecule has 0 saturated heterocycles. The summed E-state index contributed by atoms with van der Waals surface area (Å²) in [7, 11) is 1.78. The first kappa shape index (κ1) is 16.5. The van der Waals surface area contributed by atoms with Gasteiger partial charge < -0.3 is 20.1 Å². The third kappa shape index (κ3) is 4.58. The fourth-order valence-corrected chi connectivity index (χ4v) is 3.10. The summed E-state index contributed by atoms with van der Waals surface area (Å²) in [6.07, 6.45) is 0. The zero-order valence-corrected chi connectivity index (χ0v) is 14.4. The van der Waals surface area contributed by atoms with Crippen molar-refractivity contribution in [3.8, 4) is 11.5 Å². The molecule has 6 heteroatoms. The first-order valence-electron chi connectivity index (χ1n) is 7.86. The van der Waals surface area contributed by atoms with Crippen molar-refractivity contribution in [3.63, 3.8) is 0 Å². The Balaban J connectivity index is 1.40. The van der Waals surface area contributed by atoms with Crippen LogP contribution < -0.4 is 20.1 Å². The van der Waals surface area contributed by atoms with Crippen molar-refractivity contribution in [3.05, 3.63) is 54.1 Å². The van der Waals surface area contributed by atoms with Crippen LogP contribution in [0.5, 0.6) is 11.5 Å². The average molecular weight is 343 g/mol. The van der Waals surface area contributed by atoms with Gasteiger partial charge in [-0.2, -0.15) is 0 Å². The molecule has 0 bridgehead atoms. The fourth-order valence-electron chi connectivity index (χ4n) is 2.31. The maximum absolute atomic E-state index is 5.40. The third-order valence-electron chi connectivity index (χ3n) is 3.53. The molecule has 1 aliphatic heterocycles. The number of thioether (sulfide) groups is 1. The van der Waals surface area contributed by atoms with Gasteiger partial charge in [-0.3, -0.25) is 4.99 Å². The number of ether oxygens (including phenoxy) is 2. The van der Waals surface area contributed by atoms with Gasteiger partial charge in [0.25, 0.3) is 0 Å². The Bertz CT molecular complexity index is 692. The van der Waals surface area contributed by atoms with E-state index in [-0.39, 0.29) is 0 Å². The Morgan fingerprint density at radius 2 is 1.92 bits per heavy atom. The molecule has 126 valence electrons. The fraction of sp³-hybridized carbons (Fsp3) is 0.278. The summed E-state index contributed by atoms with van der Waals surface area (Å²) in [6, 6.07) is 16.3. The second-order valence-corrected chi connectivity index (χ2v) is 6.37. The molecule has 2 N–H and O–H groups in total. The van der Waals surface area contributed by atoms with Crippen molar-refractivity contribution in [2.24, 2.45) is 4.99 Å². The monoisotopic (exact) mass is 343 g/mol. The molecule has 24 heavy (non-hydrogen) atoms. The van der Waals surface area contributed by atoms with Crippen LogP contribution in [0.4, 0.5) is 0 Å². The van der Waals surface area contributed by atoms with Gasteiger partial charge in [0.05, 0.1) is 0 Å². The second-order valence-electron chi connectivity index (χ2n) is 5.20. The molecule has 0 fully saturated rings. The molecule has 0 saturated carbocycles. The van der Waals surface area contributed by atoms with Crippen LogP contribution in [0.1, 0.15) is 5.56 Å². The molecular formula is C18H21N3O2S. The quantitative estimate of drug-likeness (QED) is 0.366. The van der Waals surface area contributed by atoms with E-state index in [1.54, 1.807) is 7.05 Å². The second kappa shape index (κ2) is 8.49. The van der Waals surface area contributed by atoms with E-state index in [1.807, 2.05) is 36.0 Å². The molecule has 0 aromatic heterocycles. The molecule has 1 heterocycles. The summed E-state index contributed by atoms with van der Waals surface area (Å²) < 4.78 is 10.7. The lowest BCUT2D eigenvalue weighted by atomic mass is 10.2. The smallest absolute Gasteiger partial charge is 0.231 e. The maximum Gasteiger partial charge on any atom is 0.231 e. The molecule has 0 atom stereocenters. The Hall–Kier alpha value is -2.34. The van der Waals surface area contributed by atoms with Gasteiger partial charge in [0.1, 0.15) is 0 Å². The summed E-state index contributed by atoms with van der Waals surface area (Å²) >= 11 is 1.83. The highest BCUT2D eigenvalue weighted by Gasteiger charge is 2.13. The lowest BCUT2D eigenvalue weighted by Gasteiger charge is -2.12. The van der Waals surface area contributed by atoms with E-state index in [0.29, 0.717) is 13.3 Å². The van der Waals surface area contributed by atoms with E-state index in [2.05, 4.69) is 39.9 Å². The molecule has 3 rings (SSSR count). The van der Waals surface area contributed by atoms with Crippen LogP contribution in [0.25, 0.3) is 0 Å². The summed E-state index contributed by atoms with van der Waals surface area (Å²) in [5.41, 5.74) is 1.13. The standard InChI is InChI=1S/C18H21N3O2S/c1-19-18(20-9-10-24-15-5-3-2-4-6-15)21-12-14-7-8-16-17(11-14)23-13-22-16/h2-8,11H,9-10,12-13H2,1H3,(H2,19,20,21). The number of aliphatic imine (C=N–C) groups is 1. The van der Waals surface area contributed by atoms with Gasteiger partial charge in [0, 0.05) is 30.8 Å². The predicted molar refractivity (Wildman–Crippen MR) is 97.9 cm³/mol. The number of guanidine groups is 1. The lowest BCUT2D eigenvalue weighted by Crippen LogP contribution is -2.37. The molecule has 0 aliphatic carbocycles. The van der Waals surface area contributed by atoms with Gasteiger partial charge >= 0.3 is 0 Å². The normalized spacial score (nSPS) is 13.0. The minimum Gasteiger partial charge on any atom is -0.454 e. The maximum atomic E-state index is 5.40. The minimum atomic E-state index is 0.300. The summed E-state index contributed by atoms with van der Waals surface area (Å²) in [5.74, 6) is 3.38. The summed E-state index contributed by atoms with van der Waals surface area (Å²) in [6.45, 7) is 1.83. The molecule has 0 amide bonds. The Morgan fingerprint density at radius 1 is 1.08 bits per heavy atom. The van der Waals surface area contributed by atoms with Crippen molar-refractivity contribution < 1.29 is 9.47 Å². The van der Waals surface area contributed by atoms with E-state index in [9.17, 15) is 0 Å². The number of hydrogen-bond acceptors (Lipinski definition) is 4. The van der Waals surface area contributed by atoms with Gasteiger partial charge in [-0.15, -0.1) is 11.8 Å². The molecule has 0 unspecified atom stereocenters. The molecule has 0 radical (unpaired) electrons. The topological polar surface area (TPSA) is 54.9 Å². The van der Waals surface area contributed by atoms with Crippen LogP contribution in [0.2, 0.25) is 0 Å². The zero-order valence-electron chi connectivity index (χ0n) is 13.6. The van der Waals surface area contributed by atoms with Crippen molar-refractivity contribution in [2.75, 3.05) is 26.1 Å². The lowest BCUT2D eigenvalue weighted by molar-refractivity contribution is 0.174. The van der Waals surface area contributed by atoms with Crippen LogP contribution in [0, 0.1) is 0 Å². The number of fused-ring (bicyclic) bond motifs is 1. The van der Waals surface area contributed by atoms with Gasteiger partial charge in [0.15, 0.2) is 17.5 Å². The van der Waals surface area contributed by atoms with Crippen LogP contribution in [-0.2, 0) is 6.54 Å². The summed E-state index contributed by atoms with van der Waals surface area (Å²) in [5, 5.41) is 6.63. The predicted octanol–water partition coefficient (Wildman–Crippen LogP) is 2.87. The zero-order chi connectivity index (χ0) is 16.6. The highest BCUT2D eigenvalue weighted by atomic mass is 32.2. The molecule has 1 aliphatic rings. The van der Waals surface area contributed by atoms with Crippen LogP contribution in [0.15, 0.2) is 58.4 Å². The minimum absolute atomic E-state index is 0.300. The van der Waals surface area contributed by atoms with Crippen molar-refractivity contribution in [1.29, 1.82) is 0 Å². The molecule has 0 spiro atoms. The van der Waals surface area contributed by atoms with Crippen LogP contribution in [0.3, 0.4) is 0 Å². The highest BCUT2D eigenvalue weighted by molar-refractivity contribution is 7.99. The first-order chi connectivity index (χ1) is 11.8. The van der Waals surface area contributed by atoms with Crippen molar-refractivity contribution in [1.82, 2.24) is 10.6 Å². The number of rotatable bonds is 6. The number of benzene rings is 2. The van der Waals surface area contributed by atoms with Crippen LogP contribution in [-0.4, -0.2) is 32.1 Å². The van der Waals surface area contributed by atoms with E-state index < -0.39 is 0 Å². The molecular weight excluding hydrogens is 322 g/mol. The molecule has 5 nitrogen and oxygen atoms in total. The van der Waals surface area contributed by atoms with Crippen molar-refractivity contribution in [2.45, 2.75) is 11.4 Å². The summed E-state index contributed by atoms with van der Waals surface area (Å²) in [4.78, 5) is 5.53. The van der Waals surface area contributed by atoms with Gasteiger partial charge in [-0.05, 0) is 29.8 Å². The number of nitrogens with zero attached hydrogens (tertiary/aromatic N) is 1. The van der Waals surface area contributed by atoms with E-state index in [1.165, 1.54) is 4.90 Å². The molecule has 2 aromatic carbocycles. The first-order valence-corrected chi connectivity index (χ1v) is 8.84. The highest BCUT2D eigenvalue weighted by Crippen LogP contribution is 2.32. The van der Waals surface area contributed by atoms with Crippen LogP contribution >= 0.6 is 11.8 Å². The van der Waals surface area contributed by atoms with Crippen molar-refractivity contribution >= 4 is 17.7 Å². The van der Waals surface area contributed by atoms with Gasteiger partial charge in [0.2, 0.25) is 6.79 Å².